The number of carbonyl (C=O) groups excluding carboxylic acids is 2. The molecule has 0 atom stereocenters. The van der Waals surface area contributed by atoms with Crippen molar-refractivity contribution in [1.29, 1.82) is 0 Å². The number of thioether (sulfide) groups is 1. The van der Waals surface area contributed by atoms with Crippen molar-refractivity contribution in [2.45, 2.75) is 11.4 Å². The molecular weight excluding hydrogens is 542 g/mol. The fourth-order valence-electron chi connectivity index (χ4n) is 3.10. The molecular formula is C24H18BrNO6S2. The molecule has 0 radical (unpaired) electrons. The summed E-state index contributed by atoms with van der Waals surface area (Å²) in [5.74, 6) is 0.279. The van der Waals surface area contributed by atoms with Gasteiger partial charge in [-0.1, -0.05) is 40.2 Å². The van der Waals surface area contributed by atoms with Gasteiger partial charge in [0.15, 0.2) is 0 Å². The number of amides is 2. The van der Waals surface area contributed by atoms with Crippen LogP contribution in [0.3, 0.4) is 0 Å². The predicted molar refractivity (Wildman–Crippen MR) is 133 cm³/mol. The average Bonchev–Trinajstić information content (AvgIpc) is 3.09. The van der Waals surface area contributed by atoms with Crippen LogP contribution in [0.5, 0.6) is 11.5 Å². The molecule has 2 amide bonds. The van der Waals surface area contributed by atoms with Gasteiger partial charge in [0.25, 0.3) is 11.1 Å². The maximum Gasteiger partial charge on any atom is 0.339 e. The third-order valence-corrected chi connectivity index (χ3v) is 7.56. The molecule has 0 aliphatic carbocycles. The number of hydrogen-bond acceptors (Lipinski definition) is 7. The molecule has 0 aromatic heterocycles. The molecule has 10 heteroatoms. The highest BCUT2D eigenvalue weighted by Crippen LogP contribution is 2.33. The Morgan fingerprint density at radius 1 is 0.912 bits per heavy atom. The topological polar surface area (TPSA) is 90.0 Å². The van der Waals surface area contributed by atoms with Gasteiger partial charge in [0.2, 0.25) is 0 Å². The zero-order valence-corrected chi connectivity index (χ0v) is 21.0. The van der Waals surface area contributed by atoms with Crippen molar-refractivity contribution in [3.8, 4) is 11.5 Å². The van der Waals surface area contributed by atoms with Crippen molar-refractivity contribution >= 4 is 55.0 Å². The summed E-state index contributed by atoms with van der Waals surface area (Å²) in [6.07, 6.45) is 1.59. The Kier molecular flexibility index (Phi) is 7.11. The first kappa shape index (κ1) is 24.1. The summed E-state index contributed by atoms with van der Waals surface area (Å²) in [5, 5.41) is -0.343. The highest BCUT2D eigenvalue weighted by molar-refractivity contribution is 9.10. The van der Waals surface area contributed by atoms with Gasteiger partial charge >= 0.3 is 10.1 Å². The molecule has 3 aromatic carbocycles. The van der Waals surface area contributed by atoms with Crippen LogP contribution in [0.2, 0.25) is 0 Å². The molecule has 1 aliphatic heterocycles. The van der Waals surface area contributed by atoms with Crippen LogP contribution in [0, 0.1) is 0 Å². The van der Waals surface area contributed by atoms with Gasteiger partial charge in [0.1, 0.15) is 16.4 Å². The minimum atomic E-state index is -4.01. The summed E-state index contributed by atoms with van der Waals surface area (Å²) in [7, 11) is -2.52. The van der Waals surface area contributed by atoms with E-state index in [-0.39, 0.29) is 28.3 Å². The number of methoxy groups -OCH3 is 1. The second-order valence-electron chi connectivity index (χ2n) is 7.18. The van der Waals surface area contributed by atoms with Crippen molar-refractivity contribution in [3.05, 3.63) is 93.3 Å². The number of rotatable bonds is 7. The van der Waals surface area contributed by atoms with Crippen molar-refractivity contribution in [2.24, 2.45) is 0 Å². The lowest BCUT2D eigenvalue weighted by Gasteiger charge is -2.12. The van der Waals surface area contributed by atoms with E-state index in [2.05, 4.69) is 15.9 Å². The van der Waals surface area contributed by atoms with E-state index in [1.807, 2.05) is 24.3 Å². The van der Waals surface area contributed by atoms with Crippen molar-refractivity contribution in [3.63, 3.8) is 0 Å². The average molecular weight is 560 g/mol. The molecule has 0 unspecified atom stereocenters. The molecule has 1 fully saturated rings. The minimum Gasteiger partial charge on any atom is -0.497 e. The molecule has 1 aliphatic rings. The van der Waals surface area contributed by atoms with Crippen LogP contribution in [0.4, 0.5) is 4.79 Å². The standard InChI is InChI=1S/C24H18BrNO6S2/c1-31-19-10-12-21(13-11-19)34(29,30)32-20-8-4-16(5-9-20)14-22-23(27)26(24(28)33-22)15-17-2-6-18(25)7-3-17/h2-14H,15H2,1H3/b22-14-. The summed E-state index contributed by atoms with van der Waals surface area (Å²) >= 11 is 4.22. The summed E-state index contributed by atoms with van der Waals surface area (Å²) < 4.78 is 36.1. The molecule has 174 valence electrons. The number of imide groups is 1. The third kappa shape index (κ3) is 5.52. The largest absolute Gasteiger partial charge is 0.497 e. The van der Waals surface area contributed by atoms with Crippen molar-refractivity contribution in [2.75, 3.05) is 7.11 Å². The van der Waals surface area contributed by atoms with E-state index in [0.717, 1.165) is 21.8 Å². The fourth-order valence-corrected chi connectivity index (χ4v) is 5.13. The molecule has 1 heterocycles. The Balaban J connectivity index is 1.45. The van der Waals surface area contributed by atoms with Crippen LogP contribution in [0.1, 0.15) is 11.1 Å². The van der Waals surface area contributed by atoms with E-state index in [1.165, 1.54) is 48.4 Å². The van der Waals surface area contributed by atoms with Gasteiger partial charge in [-0.2, -0.15) is 8.42 Å². The van der Waals surface area contributed by atoms with Gasteiger partial charge in [-0.05, 0) is 77.5 Å². The van der Waals surface area contributed by atoms with E-state index >= 15 is 0 Å². The van der Waals surface area contributed by atoms with Crippen molar-refractivity contribution in [1.82, 2.24) is 4.90 Å². The fraction of sp³-hybridized carbons (Fsp3) is 0.0833. The Labute approximate surface area is 209 Å². The lowest BCUT2D eigenvalue weighted by Crippen LogP contribution is -2.27. The van der Waals surface area contributed by atoms with Gasteiger partial charge in [0, 0.05) is 4.47 Å². The zero-order valence-electron chi connectivity index (χ0n) is 17.8. The molecule has 34 heavy (non-hydrogen) atoms. The van der Waals surface area contributed by atoms with Crippen molar-refractivity contribution < 1.29 is 26.9 Å². The number of benzene rings is 3. The van der Waals surface area contributed by atoms with Crippen LogP contribution < -0.4 is 8.92 Å². The Morgan fingerprint density at radius 2 is 1.53 bits per heavy atom. The highest BCUT2D eigenvalue weighted by Gasteiger charge is 2.35. The van der Waals surface area contributed by atoms with E-state index in [0.29, 0.717) is 16.2 Å². The van der Waals surface area contributed by atoms with E-state index in [1.54, 1.807) is 18.2 Å². The molecule has 0 N–H and O–H groups in total. The maximum absolute atomic E-state index is 12.7. The van der Waals surface area contributed by atoms with Gasteiger partial charge < -0.3 is 8.92 Å². The Bertz CT molecular complexity index is 1350. The molecule has 4 rings (SSSR count). The number of carbonyl (C=O) groups is 2. The number of halogens is 1. The molecule has 3 aromatic rings. The molecule has 0 bridgehead atoms. The highest BCUT2D eigenvalue weighted by atomic mass is 79.9. The van der Waals surface area contributed by atoms with E-state index < -0.39 is 10.1 Å². The Morgan fingerprint density at radius 3 is 2.15 bits per heavy atom. The third-order valence-electron chi connectivity index (χ3n) is 4.86. The SMILES string of the molecule is COc1ccc(S(=O)(=O)Oc2ccc(/C=C3\SC(=O)N(Cc4ccc(Br)cc4)C3=O)cc2)cc1. The van der Waals surface area contributed by atoms with Crippen LogP contribution in [0.15, 0.2) is 87.1 Å². The van der Waals surface area contributed by atoms with E-state index in [4.69, 9.17) is 8.92 Å². The van der Waals surface area contributed by atoms with Gasteiger partial charge in [0.05, 0.1) is 18.6 Å². The van der Waals surface area contributed by atoms with Crippen LogP contribution in [0.25, 0.3) is 6.08 Å². The smallest absolute Gasteiger partial charge is 0.339 e. The monoisotopic (exact) mass is 559 g/mol. The van der Waals surface area contributed by atoms with Gasteiger partial charge in [-0.3, -0.25) is 14.5 Å². The van der Waals surface area contributed by atoms with Crippen LogP contribution in [-0.2, 0) is 21.5 Å². The van der Waals surface area contributed by atoms with E-state index in [9.17, 15) is 18.0 Å². The Hall–Kier alpha value is -3.08. The summed E-state index contributed by atoms with van der Waals surface area (Å²) in [6.45, 7) is 0.186. The lowest BCUT2D eigenvalue weighted by atomic mass is 10.2. The normalized spacial score (nSPS) is 15.1. The second-order valence-corrected chi connectivity index (χ2v) is 10.6. The summed E-state index contributed by atoms with van der Waals surface area (Å²) in [6, 6.07) is 19.4. The maximum atomic E-state index is 12.7. The van der Waals surface area contributed by atoms with Gasteiger partial charge in [-0.15, -0.1) is 0 Å². The summed E-state index contributed by atoms with van der Waals surface area (Å²) in [4.78, 5) is 26.6. The number of nitrogens with zero attached hydrogens (tertiary/aromatic N) is 1. The van der Waals surface area contributed by atoms with Gasteiger partial charge in [-0.25, -0.2) is 0 Å². The quantitative estimate of drug-likeness (QED) is 0.280. The first-order chi connectivity index (χ1) is 16.2. The number of hydrogen-bond donors (Lipinski definition) is 0. The molecule has 7 nitrogen and oxygen atoms in total. The lowest BCUT2D eigenvalue weighted by molar-refractivity contribution is -0.123. The first-order valence-electron chi connectivity index (χ1n) is 9.93. The van der Waals surface area contributed by atoms with Crippen LogP contribution in [-0.4, -0.2) is 31.6 Å². The molecule has 1 saturated heterocycles. The minimum absolute atomic E-state index is 0.00294. The zero-order chi connectivity index (χ0) is 24.3. The first-order valence-corrected chi connectivity index (χ1v) is 13.0. The second kappa shape index (κ2) is 10.0. The number of ether oxygens (including phenoxy) is 1. The molecule has 0 saturated carbocycles. The molecule has 0 spiro atoms. The van der Waals surface area contributed by atoms with Crippen LogP contribution >= 0.6 is 27.7 Å². The summed E-state index contributed by atoms with van der Waals surface area (Å²) in [5.41, 5.74) is 1.47. The predicted octanol–water partition coefficient (Wildman–Crippen LogP) is 5.46.